The van der Waals surface area contributed by atoms with Gasteiger partial charge in [0.2, 0.25) is 0 Å². The van der Waals surface area contributed by atoms with Crippen LogP contribution in [0.5, 0.6) is 5.75 Å². The zero-order valence-electron chi connectivity index (χ0n) is 17.6. The molecule has 0 spiro atoms. The zero-order chi connectivity index (χ0) is 22.4. The molecule has 0 aliphatic rings. The van der Waals surface area contributed by atoms with E-state index in [1.54, 1.807) is 6.92 Å². The van der Waals surface area contributed by atoms with Gasteiger partial charge in [-0.2, -0.15) is 0 Å². The summed E-state index contributed by atoms with van der Waals surface area (Å²) >= 11 is 0. The quantitative estimate of drug-likeness (QED) is 0.500. The summed E-state index contributed by atoms with van der Waals surface area (Å²) in [5.41, 5.74) is 1.38. The van der Waals surface area contributed by atoms with Crippen LogP contribution in [0.2, 0.25) is 0 Å². The third kappa shape index (κ3) is 5.36. The van der Waals surface area contributed by atoms with Crippen LogP contribution in [0.25, 0.3) is 10.9 Å². The number of hydrogen-bond acceptors (Lipinski definition) is 6. The molecule has 31 heavy (non-hydrogen) atoms. The maximum absolute atomic E-state index is 13.9. The van der Waals surface area contributed by atoms with E-state index in [1.807, 2.05) is 37.3 Å². The van der Waals surface area contributed by atoms with Crippen LogP contribution >= 0.6 is 0 Å². The first-order valence-electron chi connectivity index (χ1n) is 9.98. The summed E-state index contributed by atoms with van der Waals surface area (Å²) in [6.07, 6.45) is -0.412. The number of hydrogen-bond donors (Lipinski definition) is 0. The van der Waals surface area contributed by atoms with E-state index in [0.717, 1.165) is 5.56 Å². The van der Waals surface area contributed by atoms with Gasteiger partial charge in [0, 0.05) is 17.4 Å². The van der Waals surface area contributed by atoms with Gasteiger partial charge in [-0.15, -0.1) is 0 Å². The van der Waals surface area contributed by atoms with Crippen molar-refractivity contribution in [1.82, 2.24) is 4.98 Å². The summed E-state index contributed by atoms with van der Waals surface area (Å²) in [5, 5.41) is 0.342. The largest absolute Gasteiger partial charge is 0.478 e. The second kappa shape index (κ2) is 10.0. The maximum atomic E-state index is 13.9. The Morgan fingerprint density at radius 3 is 2.52 bits per heavy atom. The summed E-state index contributed by atoms with van der Waals surface area (Å²) in [6.45, 7) is 3.78. The van der Waals surface area contributed by atoms with Crippen molar-refractivity contribution in [2.24, 2.45) is 5.92 Å². The molecule has 6 nitrogen and oxygen atoms in total. The summed E-state index contributed by atoms with van der Waals surface area (Å²) < 4.78 is 30.0. The van der Waals surface area contributed by atoms with Gasteiger partial charge in [0.05, 0.1) is 19.2 Å². The molecule has 2 atom stereocenters. The maximum Gasteiger partial charge on any atom is 0.356 e. The molecule has 0 N–H and O–H groups in total. The number of carbonyl (C=O) groups excluding carboxylic acids is 2. The molecule has 0 bridgehead atoms. The lowest BCUT2D eigenvalue weighted by Crippen LogP contribution is -2.36. The molecule has 0 fully saturated rings. The predicted octanol–water partition coefficient (Wildman–Crippen LogP) is 4.35. The first-order chi connectivity index (χ1) is 14.9. The van der Waals surface area contributed by atoms with Crippen LogP contribution in [-0.2, 0) is 20.7 Å². The number of carbonyl (C=O) groups is 2. The average Bonchev–Trinajstić information content (AvgIpc) is 2.77. The highest BCUT2D eigenvalue weighted by Gasteiger charge is 2.30. The fourth-order valence-electron chi connectivity index (χ4n) is 3.32. The van der Waals surface area contributed by atoms with Gasteiger partial charge in [-0.1, -0.05) is 37.3 Å². The van der Waals surface area contributed by atoms with Crippen molar-refractivity contribution in [3.63, 3.8) is 0 Å². The lowest BCUT2D eigenvalue weighted by molar-refractivity contribution is -0.153. The number of ether oxygens (including phenoxy) is 3. The van der Waals surface area contributed by atoms with Crippen LogP contribution in [0.15, 0.2) is 54.6 Å². The van der Waals surface area contributed by atoms with Gasteiger partial charge in [0.25, 0.3) is 0 Å². The monoisotopic (exact) mass is 425 g/mol. The molecule has 7 heteroatoms. The molecule has 1 heterocycles. The van der Waals surface area contributed by atoms with Crippen molar-refractivity contribution in [2.45, 2.75) is 26.4 Å². The van der Waals surface area contributed by atoms with E-state index < -0.39 is 23.9 Å². The van der Waals surface area contributed by atoms with Gasteiger partial charge in [-0.05, 0) is 37.1 Å². The number of benzene rings is 2. The SMILES string of the molecule is CCOC(=O)C(Oc1cc(C(=O)OC)nc2ccc(F)cc12)C(C)Cc1ccccc1. The Kier molecular flexibility index (Phi) is 7.18. The van der Waals surface area contributed by atoms with Gasteiger partial charge in [0.1, 0.15) is 11.6 Å². The summed E-state index contributed by atoms with van der Waals surface area (Å²) in [5.74, 6) is -1.80. The van der Waals surface area contributed by atoms with E-state index in [9.17, 15) is 14.0 Å². The standard InChI is InChI=1S/C24H24FNO5/c1-4-30-24(28)22(15(2)12-16-8-6-5-7-9-16)31-21-14-20(23(27)29-3)26-19-11-10-17(25)13-18(19)21/h5-11,13-15,22H,4,12H2,1-3H3. The summed E-state index contributed by atoms with van der Waals surface area (Å²) in [6, 6.07) is 15.0. The number of rotatable bonds is 8. The highest BCUT2D eigenvalue weighted by atomic mass is 19.1. The van der Waals surface area contributed by atoms with Crippen molar-refractivity contribution in [3.8, 4) is 5.75 Å². The number of aromatic nitrogens is 1. The minimum atomic E-state index is -0.973. The van der Waals surface area contributed by atoms with Crippen LogP contribution < -0.4 is 4.74 Å². The molecule has 0 radical (unpaired) electrons. The average molecular weight is 425 g/mol. The molecule has 0 saturated heterocycles. The molecule has 0 saturated carbocycles. The van der Waals surface area contributed by atoms with Crippen LogP contribution in [-0.4, -0.2) is 36.7 Å². The molecule has 3 aromatic rings. The van der Waals surface area contributed by atoms with E-state index in [2.05, 4.69) is 4.98 Å². The number of halogens is 1. The van der Waals surface area contributed by atoms with E-state index in [1.165, 1.54) is 31.4 Å². The topological polar surface area (TPSA) is 74.7 Å². The molecule has 1 aromatic heterocycles. The Labute approximate surface area is 180 Å². The molecule has 2 unspecified atom stereocenters. The third-order valence-electron chi connectivity index (χ3n) is 4.82. The molecule has 2 aromatic carbocycles. The fourth-order valence-corrected chi connectivity index (χ4v) is 3.32. The van der Waals surface area contributed by atoms with E-state index in [0.29, 0.717) is 17.3 Å². The minimum absolute atomic E-state index is 0.00469. The van der Waals surface area contributed by atoms with Gasteiger partial charge in [-0.3, -0.25) is 0 Å². The lowest BCUT2D eigenvalue weighted by atomic mass is 9.95. The Balaban J connectivity index is 2.01. The van der Waals surface area contributed by atoms with Gasteiger partial charge < -0.3 is 14.2 Å². The van der Waals surface area contributed by atoms with E-state index >= 15 is 0 Å². The lowest BCUT2D eigenvalue weighted by Gasteiger charge is -2.24. The molecule has 0 aliphatic carbocycles. The van der Waals surface area contributed by atoms with Crippen molar-refractivity contribution < 1.29 is 28.2 Å². The van der Waals surface area contributed by atoms with Crippen LogP contribution in [0.3, 0.4) is 0 Å². The van der Waals surface area contributed by atoms with Crippen molar-refractivity contribution in [2.75, 3.05) is 13.7 Å². The number of methoxy groups -OCH3 is 1. The van der Waals surface area contributed by atoms with Gasteiger partial charge in [-0.25, -0.2) is 19.0 Å². The van der Waals surface area contributed by atoms with Crippen molar-refractivity contribution in [3.05, 3.63) is 71.7 Å². The molecule has 3 rings (SSSR count). The second-order valence-corrected chi connectivity index (χ2v) is 7.12. The Morgan fingerprint density at radius 2 is 1.84 bits per heavy atom. The van der Waals surface area contributed by atoms with Crippen molar-refractivity contribution in [1.29, 1.82) is 0 Å². The van der Waals surface area contributed by atoms with Crippen LogP contribution in [0, 0.1) is 11.7 Å². The van der Waals surface area contributed by atoms with E-state index in [4.69, 9.17) is 14.2 Å². The third-order valence-corrected chi connectivity index (χ3v) is 4.82. The Morgan fingerprint density at radius 1 is 1.10 bits per heavy atom. The fraction of sp³-hybridized carbons (Fsp3) is 0.292. The Bertz CT molecular complexity index is 1070. The Hall–Kier alpha value is -3.48. The number of esters is 2. The predicted molar refractivity (Wildman–Crippen MR) is 113 cm³/mol. The van der Waals surface area contributed by atoms with Gasteiger partial charge in [0.15, 0.2) is 11.8 Å². The number of nitrogens with zero attached hydrogens (tertiary/aromatic N) is 1. The first kappa shape index (κ1) is 22.2. The summed E-state index contributed by atoms with van der Waals surface area (Å²) in [7, 11) is 1.24. The normalized spacial score (nSPS) is 12.8. The first-order valence-corrected chi connectivity index (χ1v) is 9.98. The van der Waals surface area contributed by atoms with E-state index in [-0.39, 0.29) is 24.0 Å². The van der Waals surface area contributed by atoms with Gasteiger partial charge >= 0.3 is 11.9 Å². The van der Waals surface area contributed by atoms with Crippen LogP contribution in [0.4, 0.5) is 4.39 Å². The highest BCUT2D eigenvalue weighted by molar-refractivity contribution is 5.94. The highest BCUT2D eigenvalue weighted by Crippen LogP contribution is 2.30. The summed E-state index contributed by atoms with van der Waals surface area (Å²) in [4.78, 5) is 29.0. The minimum Gasteiger partial charge on any atom is -0.478 e. The molecular formula is C24H24FNO5. The smallest absolute Gasteiger partial charge is 0.356 e. The second-order valence-electron chi connectivity index (χ2n) is 7.12. The van der Waals surface area contributed by atoms with Crippen molar-refractivity contribution >= 4 is 22.8 Å². The molecule has 162 valence electrons. The number of fused-ring (bicyclic) bond motifs is 1. The molecule has 0 aliphatic heterocycles. The molecular weight excluding hydrogens is 401 g/mol. The zero-order valence-corrected chi connectivity index (χ0v) is 17.6. The number of pyridine rings is 1. The van der Waals surface area contributed by atoms with Crippen LogP contribution in [0.1, 0.15) is 29.9 Å². The molecule has 0 amide bonds.